The molecule has 6 heteroatoms. The van der Waals surface area contributed by atoms with Crippen LogP contribution in [0.2, 0.25) is 0 Å². The third kappa shape index (κ3) is 3.24. The number of rotatable bonds is 5. The van der Waals surface area contributed by atoms with E-state index < -0.39 is 9.75 Å². The summed E-state index contributed by atoms with van der Waals surface area (Å²) in [7, 11) is 0. The Labute approximate surface area is 131 Å². The molecular formula is C14H24Cl2N2O2. The summed E-state index contributed by atoms with van der Waals surface area (Å²) >= 11 is 12.1. The molecule has 4 nitrogen and oxygen atoms in total. The number of carbonyl (C=O) groups is 1. The van der Waals surface area contributed by atoms with Crippen molar-refractivity contribution in [2.45, 2.75) is 37.6 Å². The molecule has 1 amide bonds. The van der Waals surface area contributed by atoms with E-state index in [1.807, 2.05) is 6.92 Å². The van der Waals surface area contributed by atoms with Crippen LogP contribution in [0.25, 0.3) is 0 Å². The van der Waals surface area contributed by atoms with Gasteiger partial charge in [-0.1, -0.05) is 13.8 Å². The Morgan fingerprint density at radius 3 is 2.35 bits per heavy atom. The van der Waals surface area contributed by atoms with Crippen molar-refractivity contribution in [2.24, 2.45) is 11.3 Å². The van der Waals surface area contributed by atoms with Crippen LogP contribution in [-0.4, -0.2) is 54.0 Å². The average molecular weight is 323 g/mol. The molecule has 2 atom stereocenters. The molecule has 2 unspecified atom stereocenters. The zero-order valence-electron chi connectivity index (χ0n) is 12.4. The molecule has 0 aromatic carbocycles. The van der Waals surface area contributed by atoms with Crippen LogP contribution in [-0.2, 0) is 9.53 Å². The summed E-state index contributed by atoms with van der Waals surface area (Å²) in [6.07, 6.45) is 0.527. The highest BCUT2D eigenvalue weighted by Crippen LogP contribution is 2.63. The molecule has 0 radical (unpaired) electrons. The van der Waals surface area contributed by atoms with Crippen LogP contribution in [0.3, 0.4) is 0 Å². The van der Waals surface area contributed by atoms with Gasteiger partial charge in [-0.3, -0.25) is 9.69 Å². The second-order valence-corrected chi connectivity index (χ2v) is 7.87. The highest BCUT2D eigenvalue weighted by molar-refractivity contribution is 6.53. The van der Waals surface area contributed by atoms with Gasteiger partial charge in [-0.15, -0.1) is 23.2 Å². The maximum atomic E-state index is 12.2. The molecule has 0 aromatic rings. The lowest BCUT2D eigenvalue weighted by Crippen LogP contribution is -2.52. The number of hydrogen-bond acceptors (Lipinski definition) is 3. The summed E-state index contributed by atoms with van der Waals surface area (Å²) < 4.78 is 4.48. The van der Waals surface area contributed by atoms with Crippen LogP contribution >= 0.6 is 23.2 Å². The lowest BCUT2D eigenvalue weighted by molar-refractivity contribution is -0.126. The van der Waals surface area contributed by atoms with Gasteiger partial charge in [0, 0.05) is 25.7 Å². The number of nitrogens with zero attached hydrogens (tertiary/aromatic N) is 1. The van der Waals surface area contributed by atoms with Crippen molar-refractivity contribution in [1.29, 1.82) is 0 Å². The first kappa shape index (κ1) is 16.3. The van der Waals surface area contributed by atoms with E-state index in [-0.39, 0.29) is 5.91 Å². The van der Waals surface area contributed by atoms with Crippen molar-refractivity contribution in [3.05, 3.63) is 0 Å². The van der Waals surface area contributed by atoms with Gasteiger partial charge in [0.1, 0.15) is 4.33 Å². The van der Waals surface area contributed by atoms with Gasteiger partial charge in [-0.05, 0) is 19.3 Å². The van der Waals surface area contributed by atoms with E-state index in [9.17, 15) is 4.79 Å². The quantitative estimate of drug-likeness (QED) is 0.788. The number of carbonyl (C=O) groups excluding carboxylic acids is 1. The Morgan fingerprint density at radius 1 is 1.35 bits per heavy atom. The van der Waals surface area contributed by atoms with Crippen LogP contribution in [0, 0.1) is 11.3 Å². The van der Waals surface area contributed by atoms with Crippen LogP contribution in [0.4, 0.5) is 0 Å². The van der Waals surface area contributed by atoms with E-state index in [0.717, 1.165) is 26.3 Å². The predicted octanol–water partition coefficient (Wildman–Crippen LogP) is 2.04. The SMILES string of the molecule is CC(C)C(CNC(=O)C1(C)CC1(Cl)Cl)N1CCOCC1. The van der Waals surface area contributed by atoms with Crippen molar-refractivity contribution in [1.82, 2.24) is 10.2 Å². The summed E-state index contributed by atoms with van der Waals surface area (Å²) in [5.74, 6) is 0.429. The van der Waals surface area contributed by atoms with Crippen molar-refractivity contribution >= 4 is 29.1 Å². The summed E-state index contributed by atoms with van der Waals surface area (Å²) in [5, 5.41) is 3.03. The first-order chi connectivity index (χ1) is 9.28. The molecule has 1 N–H and O–H groups in total. The summed E-state index contributed by atoms with van der Waals surface area (Å²) in [6, 6.07) is 0.324. The highest BCUT2D eigenvalue weighted by atomic mass is 35.5. The zero-order chi connectivity index (χ0) is 15.0. The molecule has 1 aliphatic heterocycles. The minimum absolute atomic E-state index is 0.0404. The molecule has 1 saturated carbocycles. The molecule has 0 spiro atoms. The molecule has 20 heavy (non-hydrogen) atoms. The number of nitrogens with one attached hydrogen (secondary N) is 1. The van der Waals surface area contributed by atoms with E-state index in [1.54, 1.807) is 0 Å². The largest absolute Gasteiger partial charge is 0.379 e. The summed E-state index contributed by atoms with van der Waals surface area (Å²) in [6.45, 7) is 10.2. The number of amides is 1. The predicted molar refractivity (Wildman–Crippen MR) is 81.2 cm³/mol. The van der Waals surface area contributed by atoms with Crippen molar-refractivity contribution < 1.29 is 9.53 Å². The van der Waals surface area contributed by atoms with Gasteiger partial charge in [-0.2, -0.15) is 0 Å². The Bertz CT molecular complexity index is 370. The number of hydrogen-bond donors (Lipinski definition) is 1. The normalized spacial score (nSPS) is 31.1. The average Bonchev–Trinajstić information content (AvgIpc) is 2.91. The Kier molecular flexibility index (Phi) is 4.90. The van der Waals surface area contributed by atoms with Crippen LogP contribution in [0.15, 0.2) is 0 Å². The molecule has 2 aliphatic rings. The van der Waals surface area contributed by atoms with Crippen LogP contribution in [0.1, 0.15) is 27.2 Å². The van der Waals surface area contributed by atoms with Gasteiger partial charge in [0.25, 0.3) is 0 Å². The smallest absolute Gasteiger partial charge is 0.229 e. The van der Waals surface area contributed by atoms with Crippen LogP contribution in [0.5, 0.6) is 0 Å². The van der Waals surface area contributed by atoms with Crippen molar-refractivity contribution in [3.8, 4) is 0 Å². The first-order valence-corrected chi connectivity index (χ1v) is 8.01. The van der Waals surface area contributed by atoms with Crippen molar-refractivity contribution in [2.75, 3.05) is 32.8 Å². The Hall–Kier alpha value is -0.0300. The summed E-state index contributed by atoms with van der Waals surface area (Å²) in [4.78, 5) is 14.6. The zero-order valence-corrected chi connectivity index (χ0v) is 13.9. The second kappa shape index (κ2) is 5.99. The standard InChI is InChI=1S/C14H24Cl2N2O2/c1-10(2)11(18-4-6-20-7-5-18)8-17-12(19)13(3)9-14(13,15)16/h10-11H,4-9H2,1-3H3,(H,17,19). The van der Waals surface area contributed by atoms with Gasteiger partial charge >= 0.3 is 0 Å². The Balaban J connectivity index is 1.88. The van der Waals surface area contributed by atoms with E-state index in [0.29, 0.717) is 24.9 Å². The van der Waals surface area contributed by atoms with Gasteiger partial charge in [0.15, 0.2) is 0 Å². The van der Waals surface area contributed by atoms with E-state index in [2.05, 4.69) is 24.1 Å². The lowest BCUT2D eigenvalue weighted by Gasteiger charge is -2.37. The molecule has 2 fully saturated rings. The maximum absolute atomic E-state index is 12.2. The molecule has 116 valence electrons. The van der Waals surface area contributed by atoms with E-state index in [1.165, 1.54) is 0 Å². The molecule has 1 heterocycles. The van der Waals surface area contributed by atoms with Gasteiger partial charge in [-0.25, -0.2) is 0 Å². The lowest BCUT2D eigenvalue weighted by atomic mass is 10.0. The molecule has 1 aliphatic carbocycles. The maximum Gasteiger partial charge on any atom is 0.229 e. The van der Waals surface area contributed by atoms with Crippen molar-refractivity contribution in [3.63, 3.8) is 0 Å². The third-order valence-corrected chi connectivity index (χ3v) is 5.62. The molecule has 0 aromatic heterocycles. The fourth-order valence-corrected chi connectivity index (χ4v) is 3.44. The second-order valence-electron chi connectivity index (χ2n) is 6.38. The fourth-order valence-electron chi connectivity index (χ4n) is 2.73. The van der Waals surface area contributed by atoms with Gasteiger partial charge in [0.2, 0.25) is 5.91 Å². The molecule has 2 rings (SSSR count). The third-order valence-electron chi connectivity index (χ3n) is 4.51. The molecular weight excluding hydrogens is 299 g/mol. The molecule has 1 saturated heterocycles. The van der Waals surface area contributed by atoms with Gasteiger partial charge < -0.3 is 10.1 Å². The minimum Gasteiger partial charge on any atom is -0.379 e. The molecule has 0 bridgehead atoms. The first-order valence-electron chi connectivity index (χ1n) is 7.26. The number of morpholine rings is 1. The van der Waals surface area contributed by atoms with E-state index >= 15 is 0 Å². The van der Waals surface area contributed by atoms with Gasteiger partial charge in [0.05, 0.1) is 18.6 Å². The highest BCUT2D eigenvalue weighted by Gasteiger charge is 2.67. The number of ether oxygens (including phenoxy) is 1. The topological polar surface area (TPSA) is 41.6 Å². The Morgan fingerprint density at radius 2 is 1.90 bits per heavy atom. The number of halogens is 2. The minimum atomic E-state index is -0.899. The fraction of sp³-hybridized carbons (Fsp3) is 0.929. The van der Waals surface area contributed by atoms with Crippen LogP contribution < -0.4 is 5.32 Å². The number of alkyl halides is 2. The van der Waals surface area contributed by atoms with E-state index in [4.69, 9.17) is 27.9 Å². The monoisotopic (exact) mass is 322 g/mol. The summed E-state index contributed by atoms with van der Waals surface area (Å²) in [5.41, 5.74) is -0.636.